The molecule has 1 aromatic carbocycles. The van der Waals surface area contributed by atoms with E-state index in [0.717, 1.165) is 13.0 Å². The molecule has 0 saturated carbocycles. The number of rotatable bonds is 6. The second-order valence-corrected chi connectivity index (χ2v) is 5.70. The van der Waals surface area contributed by atoms with Crippen LogP contribution < -0.4 is 10.6 Å². The van der Waals surface area contributed by atoms with E-state index in [2.05, 4.69) is 24.5 Å². The van der Waals surface area contributed by atoms with Gasteiger partial charge in [0.1, 0.15) is 5.82 Å². The second-order valence-electron chi connectivity index (χ2n) is 5.70. The van der Waals surface area contributed by atoms with Gasteiger partial charge in [0, 0.05) is 18.3 Å². The molecule has 1 rings (SSSR count). The zero-order chi connectivity index (χ0) is 15.1. The van der Waals surface area contributed by atoms with Crippen molar-refractivity contribution in [2.45, 2.75) is 26.3 Å². The van der Waals surface area contributed by atoms with E-state index in [1.807, 2.05) is 19.0 Å². The number of nitrogens with zero attached hydrogens (tertiary/aromatic N) is 1. The third-order valence-electron chi connectivity index (χ3n) is 2.76. The number of hydrogen-bond donors (Lipinski definition) is 2. The van der Waals surface area contributed by atoms with Crippen LogP contribution in [-0.4, -0.2) is 37.6 Å². The van der Waals surface area contributed by atoms with E-state index in [9.17, 15) is 9.18 Å². The first kappa shape index (κ1) is 16.4. The van der Waals surface area contributed by atoms with Crippen LogP contribution in [0.2, 0.25) is 0 Å². The number of urea groups is 1. The minimum atomic E-state index is -0.366. The van der Waals surface area contributed by atoms with Crippen LogP contribution >= 0.6 is 0 Å². The monoisotopic (exact) mass is 281 g/mol. The van der Waals surface area contributed by atoms with E-state index in [1.165, 1.54) is 12.1 Å². The van der Waals surface area contributed by atoms with Gasteiger partial charge >= 0.3 is 6.03 Å². The average Bonchev–Trinajstić information content (AvgIpc) is 2.26. The highest BCUT2D eigenvalue weighted by Crippen LogP contribution is 2.10. The van der Waals surface area contributed by atoms with Gasteiger partial charge in [-0.3, -0.25) is 0 Å². The van der Waals surface area contributed by atoms with Gasteiger partial charge in [-0.2, -0.15) is 0 Å². The summed E-state index contributed by atoms with van der Waals surface area (Å²) in [6, 6.07) is 5.63. The Morgan fingerprint density at radius 2 is 2.05 bits per heavy atom. The molecule has 0 aromatic heterocycles. The van der Waals surface area contributed by atoms with Crippen molar-refractivity contribution in [2.24, 2.45) is 5.92 Å². The van der Waals surface area contributed by atoms with E-state index in [0.29, 0.717) is 11.6 Å². The molecule has 0 aliphatic rings. The molecule has 5 heteroatoms. The highest BCUT2D eigenvalue weighted by Gasteiger charge is 2.15. The van der Waals surface area contributed by atoms with Crippen LogP contribution in [0.25, 0.3) is 0 Å². The molecule has 0 radical (unpaired) electrons. The number of amides is 2. The van der Waals surface area contributed by atoms with Gasteiger partial charge in [0.2, 0.25) is 0 Å². The predicted molar refractivity (Wildman–Crippen MR) is 80.4 cm³/mol. The molecule has 112 valence electrons. The normalized spacial score (nSPS) is 12.6. The molecule has 0 saturated heterocycles. The number of nitrogens with one attached hydrogen (secondary N) is 2. The fraction of sp³-hybridized carbons (Fsp3) is 0.533. The molecule has 1 unspecified atom stereocenters. The van der Waals surface area contributed by atoms with E-state index in [-0.39, 0.29) is 17.9 Å². The van der Waals surface area contributed by atoms with Crippen LogP contribution in [0.15, 0.2) is 24.3 Å². The zero-order valence-electron chi connectivity index (χ0n) is 12.6. The Labute approximate surface area is 120 Å². The summed E-state index contributed by atoms with van der Waals surface area (Å²) < 4.78 is 13.0. The summed E-state index contributed by atoms with van der Waals surface area (Å²) in [7, 11) is 3.94. The van der Waals surface area contributed by atoms with Gasteiger partial charge in [-0.05, 0) is 44.6 Å². The number of benzene rings is 1. The first-order chi connectivity index (χ1) is 9.36. The molecule has 0 spiro atoms. The Morgan fingerprint density at radius 1 is 1.35 bits per heavy atom. The van der Waals surface area contributed by atoms with E-state index in [1.54, 1.807) is 12.1 Å². The third kappa shape index (κ3) is 6.52. The third-order valence-corrected chi connectivity index (χ3v) is 2.76. The first-order valence-corrected chi connectivity index (χ1v) is 6.84. The molecule has 0 heterocycles. The van der Waals surface area contributed by atoms with Crippen LogP contribution in [-0.2, 0) is 0 Å². The quantitative estimate of drug-likeness (QED) is 0.842. The van der Waals surface area contributed by atoms with Crippen molar-refractivity contribution < 1.29 is 9.18 Å². The summed E-state index contributed by atoms with van der Waals surface area (Å²) >= 11 is 0. The van der Waals surface area contributed by atoms with E-state index in [4.69, 9.17) is 0 Å². The molecule has 1 atom stereocenters. The lowest BCUT2D eigenvalue weighted by atomic mass is 10.0. The number of halogens is 1. The molecular weight excluding hydrogens is 257 g/mol. The topological polar surface area (TPSA) is 44.4 Å². The smallest absolute Gasteiger partial charge is 0.319 e. The number of likely N-dealkylation sites (N-methyl/N-ethyl adjacent to an activating group) is 1. The SMILES string of the molecule is CC(C)CC(CN(C)C)NC(=O)Nc1cccc(F)c1. The largest absolute Gasteiger partial charge is 0.334 e. The standard InChI is InChI=1S/C15H24FN3O/c1-11(2)8-14(10-19(3)4)18-15(20)17-13-7-5-6-12(16)9-13/h5-7,9,11,14H,8,10H2,1-4H3,(H2,17,18,20). The minimum Gasteiger partial charge on any atom is -0.334 e. The highest BCUT2D eigenvalue weighted by atomic mass is 19.1. The summed E-state index contributed by atoms with van der Waals surface area (Å²) in [5, 5.41) is 5.58. The maximum atomic E-state index is 13.0. The molecule has 20 heavy (non-hydrogen) atoms. The van der Waals surface area contributed by atoms with E-state index >= 15 is 0 Å². The average molecular weight is 281 g/mol. The Hall–Kier alpha value is -1.62. The Bertz CT molecular complexity index is 425. The number of anilines is 1. The van der Waals surface area contributed by atoms with Gasteiger partial charge in [0.25, 0.3) is 0 Å². The van der Waals surface area contributed by atoms with E-state index < -0.39 is 0 Å². The van der Waals surface area contributed by atoms with Crippen molar-refractivity contribution in [2.75, 3.05) is 26.0 Å². The molecule has 0 bridgehead atoms. The Kier molecular flexibility index (Phi) is 6.45. The zero-order valence-corrected chi connectivity index (χ0v) is 12.6. The summed E-state index contributed by atoms with van der Waals surface area (Å²) in [6.07, 6.45) is 0.898. The molecule has 0 aliphatic carbocycles. The maximum Gasteiger partial charge on any atom is 0.319 e. The Morgan fingerprint density at radius 3 is 2.60 bits per heavy atom. The van der Waals surface area contributed by atoms with Crippen molar-refractivity contribution in [1.82, 2.24) is 10.2 Å². The molecule has 2 N–H and O–H groups in total. The van der Waals surface area contributed by atoms with Crippen molar-refractivity contribution in [3.8, 4) is 0 Å². The number of carbonyl (C=O) groups is 1. The maximum absolute atomic E-state index is 13.0. The van der Waals surface area contributed by atoms with Crippen LogP contribution in [0.3, 0.4) is 0 Å². The molecule has 0 aliphatic heterocycles. The summed E-state index contributed by atoms with van der Waals surface area (Å²) in [5.74, 6) is 0.129. The number of hydrogen-bond acceptors (Lipinski definition) is 2. The van der Waals surface area contributed by atoms with Gasteiger partial charge in [0.05, 0.1) is 0 Å². The summed E-state index contributed by atoms with van der Waals surface area (Å²) in [6.45, 7) is 5.01. The van der Waals surface area contributed by atoms with Gasteiger partial charge in [-0.1, -0.05) is 19.9 Å². The fourth-order valence-electron chi connectivity index (χ4n) is 2.11. The molecule has 0 fully saturated rings. The van der Waals surface area contributed by atoms with Gasteiger partial charge in [-0.15, -0.1) is 0 Å². The van der Waals surface area contributed by atoms with Gasteiger partial charge in [-0.25, -0.2) is 9.18 Å². The highest BCUT2D eigenvalue weighted by molar-refractivity contribution is 5.89. The molecule has 4 nitrogen and oxygen atoms in total. The molecule has 1 aromatic rings. The van der Waals surface area contributed by atoms with Crippen molar-refractivity contribution in [1.29, 1.82) is 0 Å². The van der Waals surface area contributed by atoms with Crippen LogP contribution in [0.4, 0.5) is 14.9 Å². The first-order valence-electron chi connectivity index (χ1n) is 6.84. The van der Waals surface area contributed by atoms with Gasteiger partial charge < -0.3 is 15.5 Å². The lowest BCUT2D eigenvalue weighted by molar-refractivity contribution is 0.240. The predicted octanol–water partition coefficient (Wildman–Crippen LogP) is 2.92. The molecular formula is C15H24FN3O. The summed E-state index contributed by atoms with van der Waals surface area (Å²) in [5.41, 5.74) is 0.454. The van der Waals surface area contributed by atoms with Gasteiger partial charge in [0.15, 0.2) is 0 Å². The fourth-order valence-corrected chi connectivity index (χ4v) is 2.11. The molecule has 2 amide bonds. The summed E-state index contributed by atoms with van der Waals surface area (Å²) in [4.78, 5) is 14.0. The number of carbonyl (C=O) groups excluding carboxylic acids is 1. The Balaban J connectivity index is 2.56. The second kappa shape index (κ2) is 7.85. The van der Waals surface area contributed by atoms with Crippen LogP contribution in [0, 0.1) is 11.7 Å². The van der Waals surface area contributed by atoms with Crippen molar-refractivity contribution >= 4 is 11.7 Å². The van der Waals surface area contributed by atoms with Crippen LogP contribution in [0.1, 0.15) is 20.3 Å². The minimum absolute atomic E-state index is 0.0681. The lowest BCUT2D eigenvalue weighted by Crippen LogP contribution is -2.44. The lowest BCUT2D eigenvalue weighted by Gasteiger charge is -2.24. The van der Waals surface area contributed by atoms with Crippen molar-refractivity contribution in [3.05, 3.63) is 30.1 Å². The van der Waals surface area contributed by atoms with Crippen molar-refractivity contribution in [3.63, 3.8) is 0 Å². The van der Waals surface area contributed by atoms with Crippen LogP contribution in [0.5, 0.6) is 0 Å².